The Morgan fingerprint density at radius 2 is 2.21 bits per heavy atom. The highest BCUT2D eigenvalue weighted by atomic mass is 35.5. The van der Waals surface area contributed by atoms with Crippen LogP contribution in [0.1, 0.15) is 37.8 Å². The number of nitrogens with zero attached hydrogens (tertiary/aromatic N) is 1. The third-order valence-corrected chi connectivity index (χ3v) is 5.74. The highest BCUT2D eigenvalue weighted by molar-refractivity contribution is 8.00. The van der Waals surface area contributed by atoms with E-state index in [1.54, 1.807) is 11.8 Å². The molecule has 1 saturated carbocycles. The smallest absolute Gasteiger partial charge is 0.230 e. The van der Waals surface area contributed by atoms with E-state index in [4.69, 9.17) is 5.73 Å². The molecule has 5 nitrogen and oxygen atoms in total. The number of fused-ring (bicyclic) bond motifs is 1. The molecule has 4 N–H and O–H groups in total. The largest absolute Gasteiger partial charge is 0.349 e. The molecule has 0 radical (unpaired) electrons. The van der Waals surface area contributed by atoms with Crippen LogP contribution in [0.3, 0.4) is 0 Å². The number of amides is 1. The summed E-state index contributed by atoms with van der Waals surface area (Å²) in [6, 6.07) is 7.96. The van der Waals surface area contributed by atoms with Gasteiger partial charge in [-0.3, -0.25) is 4.79 Å². The van der Waals surface area contributed by atoms with Gasteiger partial charge in [-0.15, -0.1) is 24.2 Å². The number of para-hydroxylation sites is 2. The van der Waals surface area contributed by atoms with Crippen molar-refractivity contribution >= 4 is 41.1 Å². The SMILES string of the molecule is CC(SCC(=O)NC(C)(CN)C1CC1)c1nc2ccccc2[nH]1.Cl. The zero-order valence-corrected chi connectivity index (χ0v) is 15.7. The second kappa shape index (κ2) is 7.76. The van der Waals surface area contributed by atoms with E-state index in [1.807, 2.05) is 24.3 Å². The predicted octanol–water partition coefficient (Wildman–Crippen LogP) is 3.02. The van der Waals surface area contributed by atoms with Gasteiger partial charge >= 0.3 is 0 Å². The molecule has 1 aromatic carbocycles. The maximum atomic E-state index is 12.2. The van der Waals surface area contributed by atoms with Crippen molar-refractivity contribution in [3.63, 3.8) is 0 Å². The van der Waals surface area contributed by atoms with Gasteiger partial charge in [0.25, 0.3) is 0 Å². The van der Waals surface area contributed by atoms with Crippen LogP contribution >= 0.6 is 24.2 Å². The van der Waals surface area contributed by atoms with Crippen LogP contribution in [0.2, 0.25) is 0 Å². The van der Waals surface area contributed by atoms with Gasteiger partial charge in [0.1, 0.15) is 5.82 Å². The Hall–Kier alpha value is -1.24. The van der Waals surface area contributed by atoms with Crippen LogP contribution in [0.4, 0.5) is 0 Å². The molecule has 1 amide bonds. The summed E-state index contributed by atoms with van der Waals surface area (Å²) in [4.78, 5) is 20.2. The van der Waals surface area contributed by atoms with Crippen molar-refractivity contribution < 1.29 is 4.79 Å². The molecular formula is C17H25ClN4OS. The van der Waals surface area contributed by atoms with Crippen LogP contribution in [0.5, 0.6) is 0 Å². The van der Waals surface area contributed by atoms with Crippen LogP contribution in [0, 0.1) is 5.92 Å². The number of thioether (sulfide) groups is 1. The first-order valence-corrected chi connectivity index (χ1v) is 9.14. The van der Waals surface area contributed by atoms with Gasteiger partial charge in [-0.2, -0.15) is 0 Å². The Balaban J connectivity index is 0.00000208. The Labute approximate surface area is 153 Å². The van der Waals surface area contributed by atoms with E-state index in [0.29, 0.717) is 18.2 Å². The minimum atomic E-state index is -0.250. The van der Waals surface area contributed by atoms with Gasteiger partial charge < -0.3 is 16.0 Å². The number of imidazole rings is 1. The summed E-state index contributed by atoms with van der Waals surface area (Å²) < 4.78 is 0. The molecule has 0 saturated heterocycles. The van der Waals surface area contributed by atoms with Crippen LogP contribution in [-0.4, -0.2) is 33.7 Å². The van der Waals surface area contributed by atoms with E-state index < -0.39 is 0 Å². The fraction of sp³-hybridized carbons (Fsp3) is 0.529. The predicted molar refractivity (Wildman–Crippen MR) is 103 cm³/mol. The van der Waals surface area contributed by atoms with Gasteiger partial charge in [0.2, 0.25) is 5.91 Å². The molecule has 2 unspecified atom stereocenters. The fourth-order valence-electron chi connectivity index (χ4n) is 2.84. The lowest BCUT2D eigenvalue weighted by Gasteiger charge is -2.29. The van der Waals surface area contributed by atoms with E-state index >= 15 is 0 Å². The number of benzene rings is 1. The molecule has 3 rings (SSSR count). The lowest BCUT2D eigenvalue weighted by Crippen LogP contribution is -2.53. The molecule has 1 fully saturated rings. The number of hydrogen-bond acceptors (Lipinski definition) is 4. The first-order valence-electron chi connectivity index (χ1n) is 8.09. The zero-order valence-electron chi connectivity index (χ0n) is 14.0. The Morgan fingerprint density at radius 1 is 1.50 bits per heavy atom. The Kier molecular flexibility index (Phi) is 6.17. The van der Waals surface area contributed by atoms with Gasteiger partial charge in [0, 0.05) is 6.54 Å². The normalized spacial score (nSPS) is 17.8. The van der Waals surface area contributed by atoms with Gasteiger partial charge in [0.15, 0.2) is 0 Å². The molecule has 1 aliphatic rings. The number of hydrogen-bond donors (Lipinski definition) is 3. The number of carbonyl (C=O) groups is 1. The number of aromatic nitrogens is 2. The molecule has 24 heavy (non-hydrogen) atoms. The van der Waals surface area contributed by atoms with E-state index in [1.165, 1.54) is 0 Å². The summed E-state index contributed by atoms with van der Waals surface area (Å²) in [5, 5.41) is 3.26. The van der Waals surface area contributed by atoms with Crippen molar-refractivity contribution in [3.8, 4) is 0 Å². The molecule has 132 valence electrons. The van der Waals surface area contributed by atoms with Crippen LogP contribution in [0.15, 0.2) is 24.3 Å². The fourth-order valence-corrected chi connectivity index (χ4v) is 3.58. The standard InChI is InChI=1S/C17H24N4OS.ClH/c1-11(16-19-13-5-3-4-6-14(13)20-16)23-9-15(22)21-17(2,10-18)12-7-8-12;/h3-6,11-12H,7-10,18H2,1-2H3,(H,19,20)(H,21,22);1H. The summed E-state index contributed by atoms with van der Waals surface area (Å²) in [6.45, 7) is 4.61. The summed E-state index contributed by atoms with van der Waals surface area (Å²) >= 11 is 1.59. The number of aromatic amines is 1. The van der Waals surface area contributed by atoms with Crippen LogP contribution < -0.4 is 11.1 Å². The molecule has 7 heteroatoms. The minimum absolute atomic E-state index is 0. The topological polar surface area (TPSA) is 83.8 Å². The van der Waals surface area contributed by atoms with Crippen molar-refractivity contribution in [1.29, 1.82) is 0 Å². The van der Waals surface area contributed by atoms with E-state index in [2.05, 4.69) is 29.1 Å². The molecular weight excluding hydrogens is 344 g/mol. The van der Waals surface area contributed by atoms with E-state index in [0.717, 1.165) is 29.7 Å². The van der Waals surface area contributed by atoms with Crippen LogP contribution in [-0.2, 0) is 4.79 Å². The lowest BCUT2D eigenvalue weighted by molar-refractivity contribution is -0.120. The molecule has 1 aliphatic carbocycles. The first kappa shape index (κ1) is 19.1. The molecule has 0 spiro atoms. The maximum absolute atomic E-state index is 12.2. The minimum Gasteiger partial charge on any atom is -0.349 e. The summed E-state index contributed by atoms with van der Waals surface area (Å²) in [6.07, 6.45) is 2.33. The number of nitrogens with two attached hydrogens (primary N) is 1. The lowest BCUT2D eigenvalue weighted by atomic mass is 9.96. The Morgan fingerprint density at radius 3 is 2.83 bits per heavy atom. The second-order valence-corrected chi connectivity index (χ2v) is 7.87. The number of nitrogens with one attached hydrogen (secondary N) is 2. The molecule has 0 aliphatic heterocycles. The molecule has 1 heterocycles. The number of halogens is 1. The quantitative estimate of drug-likeness (QED) is 0.701. The van der Waals surface area contributed by atoms with Gasteiger partial charge in [-0.25, -0.2) is 4.98 Å². The summed E-state index contributed by atoms with van der Waals surface area (Å²) in [5.41, 5.74) is 7.59. The van der Waals surface area contributed by atoms with Crippen molar-refractivity contribution in [3.05, 3.63) is 30.1 Å². The Bertz CT molecular complexity index is 670. The molecule has 1 aromatic heterocycles. The average Bonchev–Trinajstić information content (AvgIpc) is 3.32. The first-order chi connectivity index (χ1) is 11.0. The third kappa shape index (κ3) is 4.23. The van der Waals surface area contributed by atoms with Gasteiger partial charge in [0.05, 0.1) is 27.6 Å². The number of H-pyrrole nitrogens is 1. The van der Waals surface area contributed by atoms with Crippen LogP contribution in [0.25, 0.3) is 11.0 Å². The summed E-state index contributed by atoms with van der Waals surface area (Å²) in [5.74, 6) is 1.92. The van der Waals surface area contributed by atoms with Crippen molar-refractivity contribution in [2.75, 3.05) is 12.3 Å². The second-order valence-electron chi connectivity index (χ2n) is 6.54. The average molecular weight is 369 g/mol. The van der Waals surface area contributed by atoms with Crippen molar-refractivity contribution in [2.45, 2.75) is 37.5 Å². The van der Waals surface area contributed by atoms with Gasteiger partial charge in [-0.05, 0) is 44.7 Å². The molecule has 2 atom stereocenters. The zero-order chi connectivity index (χ0) is 16.4. The third-order valence-electron chi connectivity index (χ3n) is 4.58. The van der Waals surface area contributed by atoms with Gasteiger partial charge in [-0.1, -0.05) is 12.1 Å². The monoisotopic (exact) mass is 368 g/mol. The van der Waals surface area contributed by atoms with Crippen molar-refractivity contribution in [2.24, 2.45) is 11.7 Å². The van der Waals surface area contributed by atoms with E-state index in [9.17, 15) is 4.79 Å². The van der Waals surface area contributed by atoms with Crippen molar-refractivity contribution in [1.82, 2.24) is 15.3 Å². The number of rotatable bonds is 7. The maximum Gasteiger partial charge on any atom is 0.230 e. The number of carbonyl (C=O) groups excluding carboxylic acids is 1. The highest BCUT2D eigenvalue weighted by Crippen LogP contribution is 2.39. The summed E-state index contributed by atoms with van der Waals surface area (Å²) in [7, 11) is 0. The highest BCUT2D eigenvalue weighted by Gasteiger charge is 2.41. The van der Waals surface area contributed by atoms with E-state index in [-0.39, 0.29) is 29.1 Å². The molecule has 0 bridgehead atoms. The molecule has 2 aromatic rings.